The molecule has 1 amide bonds. The number of aromatic nitrogens is 3. The molecule has 1 saturated carbocycles. The predicted molar refractivity (Wildman–Crippen MR) is 96.5 cm³/mol. The summed E-state index contributed by atoms with van der Waals surface area (Å²) in [5.74, 6) is -0.670. The third kappa shape index (κ3) is 3.21. The Morgan fingerprint density at radius 2 is 1.88 bits per heavy atom. The summed E-state index contributed by atoms with van der Waals surface area (Å²) in [4.78, 5) is 28.5. The Balaban J connectivity index is 1.91. The van der Waals surface area contributed by atoms with Gasteiger partial charge in [0.05, 0.1) is 5.69 Å². The predicted octanol–water partition coefficient (Wildman–Crippen LogP) is 2.83. The van der Waals surface area contributed by atoms with Gasteiger partial charge in [-0.05, 0) is 37.3 Å². The van der Waals surface area contributed by atoms with Crippen molar-refractivity contribution in [2.75, 3.05) is 0 Å². The average Bonchev–Trinajstić information content (AvgIpc) is 3.22. The number of hydrogen-bond acceptors (Lipinski definition) is 4. The minimum absolute atomic E-state index is 0.00594. The second kappa shape index (κ2) is 6.90. The number of carbonyl (C=O) groups is 2. The van der Waals surface area contributed by atoms with Crippen molar-refractivity contribution in [2.24, 2.45) is 0 Å². The number of amides is 1. The van der Waals surface area contributed by atoms with Crippen LogP contribution in [0.4, 0.5) is 0 Å². The van der Waals surface area contributed by atoms with E-state index in [0.717, 1.165) is 24.1 Å². The number of benzene rings is 1. The molecule has 26 heavy (non-hydrogen) atoms. The van der Waals surface area contributed by atoms with E-state index >= 15 is 0 Å². The minimum atomic E-state index is -1.20. The van der Waals surface area contributed by atoms with Crippen LogP contribution < -0.4 is 5.32 Å². The number of nitrogens with zero attached hydrogens (tertiary/aromatic N) is 3. The fourth-order valence-corrected chi connectivity index (χ4v) is 3.53. The molecule has 0 aliphatic heterocycles. The summed E-state index contributed by atoms with van der Waals surface area (Å²) in [6.07, 6.45) is 2.44. The summed E-state index contributed by atoms with van der Waals surface area (Å²) < 4.78 is 1.65. The van der Waals surface area contributed by atoms with Gasteiger partial charge in [0.15, 0.2) is 0 Å². The van der Waals surface area contributed by atoms with E-state index in [9.17, 15) is 14.7 Å². The maximum atomic E-state index is 12.6. The van der Waals surface area contributed by atoms with Crippen LogP contribution in [0.2, 0.25) is 0 Å². The highest BCUT2D eigenvalue weighted by atomic mass is 16.4. The van der Waals surface area contributed by atoms with Crippen molar-refractivity contribution in [3.8, 4) is 5.69 Å². The largest absolute Gasteiger partial charge is 0.480 e. The highest BCUT2D eigenvalue weighted by molar-refractivity contribution is 5.95. The molecule has 1 aliphatic rings. The lowest BCUT2D eigenvalue weighted by molar-refractivity contribution is -0.144. The van der Waals surface area contributed by atoms with Crippen molar-refractivity contribution in [1.29, 1.82) is 0 Å². The number of rotatable bonds is 5. The summed E-state index contributed by atoms with van der Waals surface area (Å²) in [5.41, 5.74) is 0.775. The number of aliphatic carboxylic acids is 1. The second-order valence-electron chi connectivity index (χ2n) is 7.16. The molecule has 1 aromatic heterocycles. The van der Waals surface area contributed by atoms with E-state index in [-0.39, 0.29) is 5.82 Å². The number of carboxylic acids is 1. The molecule has 2 aromatic rings. The highest BCUT2D eigenvalue weighted by Gasteiger charge is 2.43. The molecule has 1 heterocycles. The van der Waals surface area contributed by atoms with Crippen LogP contribution in [0.1, 0.15) is 67.5 Å². The molecule has 0 spiro atoms. The quantitative estimate of drug-likeness (QED) is 0.858. The molecule has 7 heteroatoms. The van der Waals surface area contributed by atoms with Crippen molar-refractivity contribution in [1.82, 2.24) is 20.1 Å². The van der Waals surface area contributed by atoms with Crippen LogP contribution in [0.5, 0.6) is 0 Å². The zero-order valence-electron chi connectivity index (χ0n) is 15.3. The van der Waals surface area contributed by atoms with Gasteiger partial charge in [0, 0.05) is 0 Å². The molecule has 0 atom stereocenters. The SMILES string of the molecule is Cc1nc(C(=O)NC2(C(=O)O)CCCC2)nn1-c1ccccc1C(C)C. The van der Waals surface area contributed by atoms with E-state index in [1.807, 2.05) is 24.3 Å². The van der Waals surface area contributed by atoms with Crippen molar-refractivity contribution in [3.63, 3.8) is 0 Å². The van der Waals surface area contributed by atoms with Crippen LogP contribution in [0.15, 0.2) is 24.3 Å². The van der Waals surface area contributed by atoms with Crippen LogP contribution in [0.25, 0.3) is 5.69 Å². The van der Waals surface area contributed by atoms with Gasteiger partial charge >= 0.3 is 5.97 Å². The number of carbonyl (C=O) groups excluding carboxylic acids is 1. The topological polar surface area (TPSA) is 97.1 Å². The number of carboxylic acid groups (broad SMARTS) is 1. The molecule has 1 fully saturated rings. The molecular weight excluding hydrogens is 332 g/mol. The second-order valence-corrected chi connectivity index (χ2v) is 7.16. The number of nitrogens with one attached hydrogen (secondary N) is 1. The van der Waals surface area contributed by atoms with Crippen LogP contribution >= 0.6 is 0 Å². The van der Waals surface area contributed by atoms with E-state index in [4.69, 9.17) is 0 Å². The van der Waals surface area contributed by atoms with Crippen molar-refractivity contribution < 1.29 is 14.7 Å². The summed E-state index contributed by atoms with van der Waals surface area (Å²) in [5, 5.41) is 16.6. The van der Waals surface area contributed by atoms with Gasteiger partial charge in [-0.1, -0.05) is 44.9 Å². The molecule has 0 unspecified atom stereocenters. The normalized spacial score (nSPS) is 16.0. The third-order valence-electron chi connectivity index (χ3n) is 4.98. The number of aryl methyl sites for hydroxylation is 1. The average molecular weight is 356 g/mol. The first-order chi connectivity index (χ1) is 12.3. The van der Waals surface area contributed by atoms with E-state index in [2.05, 4.69) is 29.2 Å². The molecule has 1 aromatic carbocycles. The first-order valence-electron chi connectivity index (χ1n) is 8.93. The standard InChI is InChI=1S/C19H24N4O3/c1-12(2)14-8-4-5-9-15(14)23-13(3)20-16(22-23)17(24)21-19(18(25)26)10-6-7-11-19/h4-5,8-9,12H,6-7,10-11H2,1-3H3,(H,21,24)(H,25,26). The minimum Gasteiger partial charge on any atom is -0.480 e. The lowest BCUT2D eigenvalue weighted by Crippen LogP contribution is -2.52. The molecular formula is C19H24N4O3. The van der Waals surface area contributed by atoms with Crippen molar-refractivity contribution >= 4 is 11.9 Å². The maximum absolute atomic E-state index is 12.6. The molecule has 7 nitrogen and oxygen atoms in total. The summed E-state index contributed by atoms with van der Waals surface area (Å²) in [7, 11) is 0. The highest BCUT2D eigenvalue weighted by Crippen LogP contribution is 2.30. The van der Waals surface area contributed by atoms with Gasteiger partial charge in [-0.2, -0.15) is 0 Å². The van der Waals surface area contributed by atoms with E-state index in [1.165, 1.54) is 0 Å². The molecule has 1 aliphatic carbocycles. The first-order valence-corrected chi connectivity index (χ1v) is 8.93. The van der Waals surface area contributed by atoms with Gasteiger partial charge < -0.3 is 10.4 Å². The van der Waals surface area contributed by atoms with Crippen LogP contribution in [0, 0.1) is 6.92 Å². The molecule has 0 radical (unpaired) electrons. The Morgan fingerprint density at radius 1 is 1.23 bits per heavy atom. The zero-order valence-corrected chi connectivity index (χ0v) is 15.3. The van der Waals surface area contributed by atoms with Crippen molar-refractivity contribution in [2.45, 2.75) is 57.9 Å². The fraction of sp³-hybridized carbons (Fsp3) is 0.474. The Kier molecular flexibility index (Phi) is 4.80. The molecule has 138 valence electrons. The smallest absolute Gasteiger partial charge is 0.329 e. The van der Waals surface area contributed by atoms with Crippen LogP contribution in [-0.2, 0) is 4.79 Å². The first kappa shape index (κ1) is 18.1. The van der Waals surface area contributed by atoms with E-state index in [1.54, 1.807) is 11.6 Å². The van der Waals surface area contributed by atoms with Gasteiger partial charge in [0.2, 0.25) is 5.82 Å². The van der Waals surface area contributed by atoms with Gasteiger partial charge in [-0.25, -0.2) is 14.5 Å². The maximum Gasteiger partial charge on any atom is 0.329 e. The molecule has 0 bridgehead atoms. The fourth-order valence-electron chi connectivity index (χ4n) is 3.53. The monoisotopic (exact) mass is 356 g/mol. The Hall–Kier alpha value is -2.70. The number of para-hydroxylation sites is 1. The third-order valence-corrected chi connectivity index (χ3v) is 4.98. The van der Waals surface area contributed by atoms with Gasteiger partial charge in [-0.15, -0.1) is 5.10 Å². The van der Waals surface area contributed by atoms with Crippen LogP contribution in [-0.4, -0.2) is 37.3 Å². The summed E-state index contributed by atoms with van der Waals surface area (Å²) in [6, 6.07) is 7.85. The van der Waals surface area contributed by atoms with Gasteiger partial charge in [0.1, 0.15) is 11.4 Å². The molecule has 2 N–H and O–H groups in total. The molecule has 3 rings (SSSR count). The van der Waals surface area contributed by atoms with Crippen LogP contribution in [0.3, 0.4) is 0 Å². The van der Waals surface area contributed by atoms with E-state index in [0.29, 0.717) is 24.6 Å². The Labute approximate surface area is 152 Å². The van der Waals surface area contributed by atoms with E-state index < -0.39 is 17.4 Å². The summed E-state index contributed by atoms with van der Waals surface area (Å²) in [6.45, 7) is 5.97. The zero-order chi connectivity index (χ0) is 18.9. The van der Waals surface area contributed by atoms with Gasteiger partial charge in [0.25, 0.3) is 5.91 Å². The summed E-state index contributed by atoms with van der Waals surface area (Å²) >= 11 is 0. The lowest BCUT2D eigenvalue weighted by Gasteiger charge is -2.24. The number of hydrogen-bond donors (Lipinski definition) is 2. The Morgan fingerprint density at radius 3 is 2.50 bits per heavy atom. The van der Waals surface area contributed by atoms with Crippen molar-refractivity contribution in [3.05, 3.63) is 41.5 Å². The van der Waals surface area contributed by atoms with Gasteiger partial charge in [-0.3, -0.25) is 4.79 Å². The lowest BCUT2D eigenvalue weighted by atomic mass is 9.98. The molecule has 0 saturated heterocycles. The Bertz CT molecular complexity index is 835.